The van der Waals surface area contributed by atoms with E-state index < -0.39 is 9.84 Å². The normalized spacial score (nSPS) is 11.4. The van der Waals surface area contributed by atoms with Crippen LogP contribution in [0.2, 0.25) is 0 Å². The number of hydrogen-bond donors (Lipinski definition) is 1. The number of aryl methyl sites for hydroxylation is 1. The molecular weight excluding hydrogens is 403 g/mol. The highest BCUT2D eigenvalue weighted by Crippen LogP contribution is 2.21. The van der Waals surface area contributed by atoms with E-state index in [0.717, 1.165) is 22.6 Å². The van der Waals surface area contributed by atoms with Crippen molar-refractivity contribution in [2.45, 2.75) is 26.0 Å². The molecule has 0 aliphatic carbocycles. The molecule has 0 radical (unpaired) electrons. The van der Waals surface area contributed by atoms with Crippen molar-refractivity contribution in [2.75, 3.05) is 12.3 Å². The molecule has 3 rings (SSSR count). The van der Waals surface area contributed by atoms with Crippen LogP contribution in [0.4, 0.5) is 4.39 Å². The summed E-state index contributed by atoms with van der Waals surface area (Å²) in [5, 5.41) is 2.80. The SMILES string of the molecule is Cc1cc(C(=O)NCCCS(=O)(=O)Cc2ccccc2)c(C)n1-c1ccc(F)cc1. The lowest BCUT2D eigenvalue weighted by Gasteiger charge is -2.10. The first-order valence-electron chi connectivity index (χ1n) is 9.74. The second-order valence-corrected chi connectivity index (χ2v) is 9.47. The Morgan fingerprint density at radius 2 is 1.70 bits per heavy atom. The number of nitrogens with one attached hydrogen (secondary N) is 1. The largest absolute Gasteiger partial charge is 0.352 e. The summed E-state index contributed by atoms with van der Waals surface area (Å²) in [4.78, 5) is 12.6. The standard InChI is InChI=1S/C23H25FN2O3S/c1-17-15-22(18(2)26(17)21-11-9-20(24)10-12-21)23(27)25-13-6-14-30(28,29)16-19-7-4-3-5-8-19/h3-5,7-12,15H,6,13-14,16H2,1-2H3,(H,25,27). The summed E-state index contributed by atoms with van der Waals surface area (Å²) < 4.78 is 39.6. The van der Waals surface area contributed by atoms with Crippen molar-refractivity contribution in [3.05, 3.63) is 89.0 Å². The third kappa shape index (κ3) is 5.36. The minimum Gasteiger partial charge on any atom is -0.352 e. The number of rotatable bonds is 8. The first-order chi connectivity index (χ1) is 14.3. The van der Waals surface area contributed by atoms with Crippen molar-refractivity contribution < 1.29 is 17.6 Å². The lowest BCUT2D eigenvalue weighted by atomic mass is 10.2. The van der Waals surface area contributed by atoms with Gasteiger partial charge in [-0.15, -0.1) is 0 Å². The van der Waals surface area contributed by atoms with Gasteiger partial charge in [0.25, 0.3) is 5.91 Å². The Morgan fingerprint density at radius 3 is 2.37 bits per heavy atom. The van der Waals surface area contributed by atoms with Crippen LogP contribution in [-0.2, 0) is 15.6 Å². The molecule has 7 heteroatoms. The van der Waals surface area contributed by atoms with Crippen molar-refractivity contribution in [1.29, 1.82) is 0 Å². The Kier molecular flexibility index (Phi) is 6.72. The Labute approximate surface area is 176 Å². The Hall–Kier alpha value is -2.93. The van der Waals surface area contributed by atoms with Crippen LogP contribution in [0.15, 0.2) is 60.7 Å². The summed E-state index contributed by atoms with van der Waals surface area (Å²) >= 11 is 0. The van der Waals surface area contributed by atoms with Gasteiger partial charge in [0.1, 0.15) is 5.82 Å². The number of aromatic nitrogens is 1. The Morgan fingerprint density at radius 1 is 1.03 bits per heavy atom. The summed E-state index contributed by atoms with van der Waals surface area (Å²) in [6.45, 7) is 3.98. The fourth-order valence-electron chi connectivity index (χ4n) is 3.47. The summed E-state index contributed by atoms with van der Waals surface area (Å²) in [6.07, 6.45) is 0.345. The smallest absolute Gasteiger partial charge is 0.253 e. The van der Waals surface area contributed by atoms with Crippen molar-refractivity contribution in [1.82, 2.24) is 9.88 Å². The molecule has 0 atom stereocenters. The second kappa shape index (κ2) is 9.26. The first-order valence-corrected chi connectivity index (χ1v) is 11.6. The van der Waals surface area contributed by atoms with Gasteiger partial charge < -0.3 is 9.88 Å². The van der Waals surface area contributed by atoms with E-state index in [1.807, 2.05) is 36.6 Å². The number of hydrogen-bond acceptors (Lipinski definition) is 3. The molecule has 1 heterocycles. The predicted molar refractivity (Wildman–Crippen MR) is 116 cm³/mol. The molecule has 158 valence electrons. The number of halogens is 1. The summed E-state index contributed by atoms with van der Waals surface area (Å²) in [5.41, 5.74) is 3.65. The van der Waals surface area contributed by atoms with Gasteiger partial charge in [-0.1, -0.05) is 30.3 Å². The molecule has 5 nitrogen and oxygen atoms in total. The quantitative estimate of drug-likeness (QED) is 0.552. The highest BCUT2D eigenvalue weighted by atomic mass is 32.2. The number of nitrogens with zero attached hydrogens (tertiary/aromatic N) is 1. The zero-order valence-electron chi connectivity index (χ0n) is 17.1. The molecule has 0 aliphatic heterocycles. The molecule has 0 saturated heterocycles. The molecule has 0 bridgehead atoms. The van der Waals surface area contributed by atoms with Gasteiger partial charge in [-0.3, -0.25) is 4.79 Å². The van der Waals surface area contributed by atoms with Crippen LogP contribution < -0.4 is 5.32 Å². The van der Waals surface area contributed by atoms with E-state index in [1.165, 1.54) is 12.1 Å². The van der Waals surface area contributed by atoms with Crippen LogP contribution in [-0.4, -0.2) is 31.2 Å². The van der Waals surface area contributed by atoms with E-state index in [1.54, 1.807) is 30.3 Å². The van der Waals surface area contributed by atoms with Gasteiger partial charge in [0.15, 0.2) is 9.84 Å². The molecular formula is C23H25FN2O3S. The van der Waals surface area contributed by atoms with Gasteiger partial charge in [-0.05, 0) is 56.2 Å². The van der Waals surface area contributed by atoms with Crippen molar-refractivity contribution >= 4 is 15.7 Å². The Bertz CT molecular complexity index is 1120. The van der Waals surface area contributed by atoms with Crippen LogP contribution in [0.25, 0.3) is 5.69 Å². The van der Waals surface area contributed by atoms with E-state index in [2.05, 4.69) is 5.32 Å². The fraction of sp³-hybridized carbons (Fsp3) is 0.261. The molecule has 0 saturated carbocycles. The van der Waals surface area contributed by atoms with Gasteiger partial charge in [0, 0.05) is 23.6 Å². The average Bonchev–Trinajstić information content (AvgIpc) is 3.00. The van der Waals surface area contributed by atoms with Crippen LogP contribution in [0, 0.1) is 19.7 Å². The monoisotopic (exact) mass is 428 g/mol. The number of benzene rings is 2. The van der Waals surface area contributed by atoms with Crippen molar-refractivity contribution in [3.63, 3.8) is 0 Å². The van der Waals surface area contributed by atoms with Crippen LogP contribution >= 0.6 is 0 Å². The molecule has 0 unspecified atom stereocenters. The highest BCUT2D eigenvalue weighted by Gasteiger charge is 2.17. The number of amides is 1. The third-order valence-electron chi connectivity index (χ3n) is 4.91. The zero-order valence-corrected chi connectivity index (χ0v) is 17.9. The zero-order chi connectivity index (χ0) is 21.7. The first kappa shape index (κ1) is 21.8. The minimum absolute atomic E-state index is 0.000605. The lowest BCUT2D eigenvalue weighted by Crippen LogP contribution is -2.26. The van der Waals surface area contributed by atoms with Crippen molar-refractivity contribution in [3.8, 4) is 5.69 Å². The van der Waals surface area contributed by atoms with E-state index >= 15 is 0 Å². The van der Waals surface area contributed by atoms with Crippen LogP contribution in [0.1, 0.15) is 33.7 Å². The summed E-state index contributed by atoms with van der Waals surface area (Å²) in [7, 11) is -3.23. The molecule has 30 heavy (non-hydrogen) atoms. The van der Waals surface area contributed by atoms with Crippen molar-refractivity contribution in [2.24, 2.45) is 0 Å². The average molecular weight is 429 g/mol. The molecule has 1 N–H and O–H groups in total. The predicted octanol–water partition coefficient (Wildman–Crippen LogP) is 3.97. The molecule has 3 aromatic rings. The lowest BCUT2D eigenvalue weighted by molar-refractivity contribution is 0.0953. The molecule has 0 spiro atoms. The number of sulfone groups is 1. The maximum absolute atomic E-state index is 13.2. The molecule has 0 aliphatic rings. The van der Waals surface area contributed by atoms with Gasteiger partial charge in [-0.25, -0.2) is 12.8 Å². The maximum Gasteiger partial charge on any atom is 0.253 e. The topological polar surface area (TPSA) is 68.2 Å². The second-order valence-electron chi connectivity index (χ2n) is 7.28. The Balaban J connectivity index is 1.58. The van der Waals surface area contributed by atoms with Gasteiger partial charge >= 0.3 is 0 Å². The summed E-state index contributed by atoms with van der Waals surface area (Å²) in [5.74, 6) is -0.560. The number of carbonyl (C=O) groups is 1. The molecule has 2 aromatic carbocycles. The van der Waals surface area contributed by atoms with E-state index in [0.29, 0.717) is 12.0 Å². The number of carbonyl (C=O) groups excluding carboxylic acids is 1. The van der Waals surface area contributed by atoms with Gasteiger partial charge in [0.2, 0.25) is 0 Å². The van der Waals surface area contributed by atoms with E-state index in [9.17, 15) is 17.6 Å². The van der Waals surface area contributed by atoms with Gasteiger partial charge in [0.05, 0.1) is 17.1 Å². The fourth-order valence-corrected chi connectivity index (χ4v) is 4.90. The minimum atomic E-state index is -3.23. The molecule has 0 fully saturated rings. The summed E-state index contributed by atoms with van der Waals surface area (Å²) in [6, 6.07) is 16.9. The van der Waals surface area contributed by atoms with E-state index in [4.69, 9.17) is 0 Å². The van der Waals surface area contributed by atoms with Gasteiger partial charge in [-0.2, -0.15) is 0 Å². The third-order valence-corrected chi connectivity index (χ3v) is 6.59. The van der Waals surface area contributed by atoms with E-state index in [-0.39, 0.29) is 29.8 Å². The molecule has 1 aromatic heterocycles. The highest BCUT2D eigenvalue weighted by molar-refractivity contribution is 7.90. The molecule has 1 amide bonds. The van der Waals surface area contributed by atoms with Crippen LogP contribution in [0.5, 0.6) is 0 Å². The van der Waals surface area contributed by atoms with Crippen LogP contribution in [0.3, 0.4) is 0 Å². The maximum atomic E-state index is 13.2.